The minimum absolute atomic E-state index is 0.0119. The molecular weight excluding hydrogens is 367 g/mol. The lowest BCUT2D eigenvalue weighted by atomic mass is 10.2. The van der Waals surface area contributed by atoms with E-state index in [2.05, 4.69) is 5.32 Å². The molecule has 4 nitrogen and oxygen atoms in total. The van der Waals surface area contributed by atoms with Gasteiger partial charge in [0.2, 0.25) is 0 Å². The average molecular weight is 383 g/mol. The molecule has 0 saturated heterocycles. The number of carbonyl (C=O) groups is 2. The Balaban J connectivity index is 1.89. The molecule has 2 aromatic rings. The van der Waals surface area contributed by atoms with E-state index in [9.17, 15) is 22.8 Å². The number of aryl methyl sites for hydroxylation is 1. The number of amides is 1. The van der Waals surface area contributed by atoms with Crippen molar-refractivity contribution in [3.63, 3.8) is 0 Å². The summed E-state index contributed by atoms with van der Waals surface area (Å²) in [5.41, 5.74) is 0.469. The van der Waals surface area contributed by atoms with Crippen LogP contribution >= 0.6 is 11.8 Å². The Hall–Kier alpha value is -2.48. The van der Waals surface area contributed by atoms with Gasteiger partial charge < -0.3 is 10.1 Å². The number of nitrogens with one attached hydrogen (secondary N) is 1. The van der Waals surface area contributed by atoms with Crippen molar-refractivity contribution in [2.45, 2.75) is 24.8 Å². The highest BCUT2D eigenvalue weighted by Crippen LogP contribution is 2.22. The summed E-state index contributed by atoms with van der Waals surface area (Å²) in [6, 6.07) is 9.04. The SMILES string of the molecule is Cc1ccccc1SCC(=O)OC(C)C(=O)Nc1ccc(F)c(F)c1F. The Morgan fingerprint density at radius 1 is 1.12 bits per heavy atom. The van der Waals surface area contributed by atoms with Crippen molar-refractivity contribution in [3.05, 3.63) is 59.4 Å². The molecule has 0 aliphatic heterocycles. The van der Waals surface area contributed by atoms with E-state index < -0.39 is 41.1 Å². The zero-order valence-electron chi connectivity index (χ0n) is 14.0. The first-order valence-electron chi connectivity index (χ1n) is 7.62. The standard InChI is InChI=1S/C18H16F3NO3S/c1-10-5-3-4-6-14(10)26-9-15(23)25-11(2)18(24)22-13-8-7-12(19)16(20)17(13)21/h3-8,11H,9H2,1-2H3,(H,22,24). The van der Waals surface area contributed by atoms with Gasteiger partial charge in [0.25, 0.3) is 5.91 Å². The monoisotopic (exact) mass is 383 g/mol. The first kappa shape index (κ1) is 19.8. The molecule has 0 aliphatic carbocycles. The largest absolute Gasteiger partial charge is 0.452 e. The van der Waals surface area contributed by atoms with Crippen molar-refractivity contribution < 1.29 is 27.5 Å². The molecular formula is C18H16F3NO3S. The maximum Gasteiger partial charge on any atom is 0.317 e. The highest BCUT2D eigenvalue weighted by molar-refractivity contribution is 8.00. The minimum atomic E-state index is -1.69. The predicted octanol–water partition coefficient (Wildman–Crippen LogP) is 4.07. The van der Waals surface area contributed by atoms with Crippen LogP contribution < -0.4 is 5.32 Å². The van der Waals surface area contributed by atoms with Crippen molar-refractivity contribution >= 4 is 29.3 Å². The van der Waals surface area contributed by atoms with Gasteiger partial charge in [-0.1, -0.05) is 18.2 Å². The van der Waals surface area contributed by atoms with Crippen LogP contribution in [0.1, 0.15) is 12.5 Å². The molecule has 2 rings (SSSR count). The van der Waals surface area contributed by atoms with E-state index in [0.29, 0.717) is 6.07 Å². The van der Waals surface area contributed by atoms with E-state index in [1.165, 1.54) is 18.7 Å². The summed E-state index contributed by atoms with van der Waals surface area (Å²) in [6.07, 6.45) is -1.23. The molecule has 26 heavy (non-hydrogen) atoms. The first-order valence-corrected chi connectivity index (χ1v) is 8.60. The van der Waals surface area contributed by atoms with E-state index in [-0.39, 0.29) is 5.75 Å². The summed E-state index contributed by atoms with van der Waals surface area (Å²) in [5, 5.41) is 2.06. The Bertz CT molecular complexity index is 829. The Morgan fingerprint density at radius 2 is 1.81 bits per heavy atom. The van der Waals surface area contributed by atoms with E-state index in [4.69, 9.17) is 4.74 Å². The number of thioether (sulfide) groups is 1. The minimum Gasteiger partial charge on any atom is -0.452 e. The fourth-order valence-electron chi connectivity index (χ4n) is 2.00. The molecule has 1 unspecified atom stereocenters. The first-order chi connectivity index (χ1) is 12.3. The number of carbonyl (C=O) groups excluding carboxylic acids is 2. The molecule has 1 N–H and O–H groups in total. The van der Waals surface area contributed by atoms with Gasteiger partial charge in [-0.05, 0) is 37.6 Å². The number of benzene rings is 2. The van der Waals surface area contributed by atoms with Gasteiger partial charge in [0.05, 0.1) is 11.4 Å². The van der Waals surface area contributed by atoms with Crippen LogP contribution in [0.4, 0.5) is 18.9 Å². The zero-order chi connectivity index (χ0) is 19.3. The van der Waals surface area contributed by atoms with Gasteiger partial charge in [0.15, 0.2) is 23.6 Å². The third kappa shape index (κ3) is 5.01. The molecule has 0 bridgehead atoms. The second-order valence-corrected chi connectivity index (χ2v) is 6.42. The highest BCUT2D eigenvalue weighted by Gasteiger charge is 2.21. The van der Waals surface area contributed by atoms with Crippen LogP contribution in [0.2, 0.25) is 0 Å². The lowest BCUT2D eigenvalue weighted by Crippen LogP contribution is -2.31. The number of halogens is 3. The van der Waals surface area contributed by atoms with E-state index in [0.717, 1.165) is 16.5 Å². The molecule has 8 heteroatoms. The Labute approximate surface area is 152 Å². The van der Waals surface area contributed by atoms with E-state index >= 15 is 0 Å². The second kappa shape index (κ2) is 8.75. The number of anilines is 1. The Morgan fingerprint density at radius 3 is 2.50 bits per heavy atom. The van der Waals surface area contributed by atoms with Crippen LogP contribution in [0.5, 0.6) is 0 Å². The van der Waals surface area contributed by atoms with Crippen molar-refractivity contribution in [2.24, 2.45) is 0 Å². The number of ether oxygens (including phenoxy) is 1. The molecule has 1 amide bonds. The number of rotatable bonds is 6. The molecule has 2 aromatic carbocycles. The van der Waals surface area contributed by atoms with Crippen LogP contribution in [0, 0.1) is 24.4 Å². The summed E-state index contributed by atoms with van der Waals surface area (Å²) in [7, 11) is 0. The summed E-state index contributed by atoms with van der Waals surface area (Å²) in [5.74, 6) is -6.08. The summed E-state index contributed by atoms with van der Waals surface area (Å²) < 4.78 is 44.6. The van der Waals surface area contributed by atoms with Gasteiger partial charge in [-0.25, -0.2) is 13.2 Å². The highest BCUT2D eigenvalue weighted by atomic mass is 32.2. The number of esters is 1. The summed E-state index contributed by atoms with van der Waals surface area (Å²) in [4.78, 5) is 24.7. The normalized spacial score (nSPS) is 11.7. The fourth-order valence-corrected chi connectivity index (χ4v) is 2.81. The van der Waals surface area contributed by atoms with Crippen LogP contribution in [0.3, 0.4) is 0 Å². The molecule has 0 fully saturated rings. The fraction of sp³-hybridized carbons (Fsp3) is 0.222. The van der Waals surface area contributed by atoms with Gasteiger partial charge in [0, 0.05) is 4.90 Å². The van der Waals surface area contributed by atoms with Crippen molar-refractivity contribution in [1.29, 1.82) is 0 Å². The third-order valence-corrected chi connectivity index (χ3v) is 4.56. The maximum atomic E-state index is 13.6. The molecule has 138 valence electrons. The van der Waals surface area contributed by atoms with E-state index in [1.807, 2.05) is 31.2 Å². The van der Waals surface area contributed by atoms with Gasteiger partial charge >= 0.3 is 5.97 Å². The van der Waals surface area contributed by atoms with Crippen LogP contribution in [0.25, 0.3) is 0 Å². The topological polar surface area (TPSA) is 55.4 Å². The molecule has 0 heterocycles. The molecule has 0 saturated carbocycles. The number of hydrogen-bond acceptors (Lipinski definition) is 4. The molecule has 0 radical (unpaired) electrons. The molecule has 0 spiro atoms. The van der Waals surface area contributed by atoms with Gasteiger partial charge in [-0.15, -0.1) is 11.8 Å². The molecule has 1 atom stereocenters. The van der Waals surface area contributed by atoms with Crippen molar-refractivity contribution in [2.75, 3.05) is 11.1 Å². The van der Waals surface area contributed by atoms with Crippen LogP contribution in [-0.4, -0.2) is 23.7 Å². The van der Waals surface area contributed by atoms with Crippen LogP contribution in [0.15, 0.2) is 41.3 Å². The molecule has 0 aromatic heterocycles. The lowest BCUT2D eigenvalue weighted by molar-refractivity contribution is -0.150. The third-order valence-electron chi connectivity index (χ3n) is 3.41. The zero-order valence-corrected chi connectivity index (χ0v) is 14.8. The Kier molecular flexibility index (Phi) is 6.68. The average Bonchev–Trinajstić information content (AvgIpc) is 2.61. The summed E-state index contributed by atoms with van der Waals surface area (Å²) in [6.45, 7) is 3.20. The molecule has 0 aliphatic rings. The number of hydrogen-bond donors (Lipinski definition) is 1. The van der Waals surface area contributed by atoms with Gasteiger partial charge in [-0.3, -0.25) is 9.59 Å². The van der Waals surface area contributed by atoms with Crippen molar-refractivity contribution in [1.82, 2.24) is 0 Å². The second-order valence-electron chi connectivity index (χ2n) is 5.40. The smallest absolute Gasteiger partial charge is 0.317 e. The summed E-state index contributed by atoms with van der Waals surface area (Å²) >= 11 is 1.26. The van der Waals surface area contributed by atoms with Crippen LogP contribution in [-0.2, 0) is 14.3 Å². The van der Waals surface area contributed by atoms with E-state index in [1.54, 1.807) is 0 Å². The predicted molar refractivity (Wildman–Crippen MR) is 92.4 cm³/mol. The van der Waals surface area contributed by atoms with Gasteiger partial charge in [0.1, 0.15) is 0 Å². The van der Waals surface area contributed by atoms with Crippen molar-refractivity contribution in [3.8, 4) is 0 Å². The quantitative estimate of drug-likeness (QED) is 0.464. The van der Waals surface area contributed by atoms with Gasteiger partial charge in [-0.2, -0.15) is 0 Å². The lowest BCUT2D eigenvalue weighted by Gasteiger charge is -2.14. The maximum absolute atomic E-state index is 13.6.